The number of fused-ring (bicyclic) bond motifs is 2. The number of aryl methyl sites for hydroxylation is 1. The Morgan fingerprint density at radius 2 is 1.46 bits per heavy atom. The highest BCUT2D eigenvalue weighted by molar-refractivity contribution is 6.36. The summed E-state index contributed by atoms with van der Waals surface area (Å²) in [5.41, 5.74) is 2.44. The third-order valence-corrected chi connectivity index (χ3v) is 13.3. The van der Waals surface area contributed by atoms with E-state index in [9.17, 15) is 19.2 Å². The van der Waals surface area contributed by atoms with Gasteiger partial charge in [0.2, 0.25) is 5.91 Å². The second kappa shape index (κ2) is 17.8. The van der Waals surface area contributed by atoms with Gasteiger partial charge >= 0.3 is 11.9 Å². The van der Waals surface area contributed by atoms with Gasteiger partial charge in [-0.1, -0.05) is 47.5 Å². The van der Waals surface area contributed by atoms with Crippen molar-refractivity contribution in [1.29, 1.82) is 0 Å². The Kier molecular flexibility index (Phi) is 12.8. The SMILES string of the molecule is COC(=O)C1=C(CCc2ccccc2C(=O)N2CCNCC2)N=C(CC(=O)N2CCN(C3CC4CCC(C3)N4C)CC2)C(C(=O)OC)C1c1c(Cl)cccc1Cl. The van der Waals surface area contributed by atoms with Gasteiger partial charge in [-0.15, -0.1) is 0 Å². The lowest BCUT2D eigenvalue weighted by molar-refractivity contribution is -0.143. The molecule has 14 heteroatoms. The Morgan fingerprint density at radius 1 is 0.804 bits per heavy atom. The molecule has 0 saturated carbocycles. The molecule has 12 nitrogen and oxygen atoms in total. The number of esters is 2. The van der Waals surface area contributed by atoms with E-state index in [0.29, 0.717) is 67.5 Å². The van der Waals surface area contributed by atoms with Gasteiger partial charge in [0.25, 0.3) is 5.91 Å². The summed E-state index contributed by atoms with van der Waals surface area (Å²) in [6, 6.07) is 14.2. The second-order valence-electron chi connectivity index (χ2n) is 15.5. The van der Waals surface area contributed by atoms with Crippen LogP contribution in [-0.2, 0) is 30.3 Å². The highest BCUT2D eigenvalue weighted by Gasteiger charge is 2.47. The number of carbonyl (C=O) groups is 4. The number of methoxy groups -OCH3 is 2. The highest BCUT2D eigenvalue weighted by Crippen LogP contribution is 2.47. The molecule has 4 fully saturated rings. The summed E-state index contributed by atoms with van der Waals surface area (Å²) in [6.07, 6.45) is 5.24. The first-order chi connectivity index (χ1) is 27.1. The molecule has 2 amide bonds. The van der Waals surface area contributed by atoms with Gasteiger partial charge in [-0.3, -0.25) is 24.3 Å². The molecule has 4 atom stereocenters. The van der Waals surface area contributed by atoms with E-state index >= 15 is 0 Å². The molecule has 0 spiro atoms. The first-order valence-electron chi connectivity index (χ1n) is 19.8. The van der Waals surface area contributed by atoms with Crippen molar-refractivity contribution in [3.05, 3.63) is 80.5 Å². The molecule has 1 N–H and O–H groups in total. The molecule has 4 unspecified atom stereocenters. The van der Waals surface area contributed by atoms with Gasteiger partial charge in [0.15, 0.2) is 0 Å². The lowest BCUT2D eigenvalue weighted by Gasteiger charge is -2.45. The molecule has 56 heavy (non-hydrogen) atoms. The minimum Gasteiger partial charge on any atom is -0.468 e. The largest absolute Gasteiger partial charge is 0.468 e. The monoisotopic (exact) mass is 806 g/mol. The molecule has 0 radical (unpaired) electrons. The van der Waals surface area contributed by atoms with Gasteiger partial charge in [0.1, 0.15) is 5.92 Å². The number of aliphatic imine (C=N–C) groups is 1. The molecule has 5 heterocycles. The van der Waals surface area contributed by atoms with Gasteiger partial charge in [-0.05, 0) is 74.9 Å². The fourth-order valence-corrected chi connectivity index (χ4v) is 10.2. The predicted molar refractivity (Wildman–Crippen MR) is 215 cm³/mol. The summed E-state index contributed by atoms with van der Waals surface area (Å²) in [5, 5.41) is 3.78. The Labute approximate surface area is 339 Å². The quantitative estimate of drug-likeness (QED) is 0.344. The van der Waals surface area contributed by atoms with Crippen LogP contribution in [0.3, 0.4) is 0 Å². The summed E-state index contributed by atoms with van der Waals surface area (Å²) in [6.45, 7) is 5.38. The van der Waals surface area contributed by atoms with Gasteiger partial charge < -0.3 is 29.5 Å². The van der Waals surface area contributed by atoms with E-state index in [2.05, 4.69) is 22.2 Å². The van der Waals surface area contributed by atoms with Crippen LogP contribution in [0.1, 0.15) is 65.9 Å². The third-order valence-electron chi connectivity index (χ3n) is 12.6. The zero-order chi connectivity index (χ0) is 39.5. The van der Waals surface area contributed by atoms with Gasteiger partial charge in [-0.25, -0.2) is 4.79 Å². The molecule has 7 rings (SSSR count). The standard InChI is InChI=1S/C42H52Cl2N6O6/c1-47-27-12-13-28(47)24-29(23-27)48-19-21-49(22-20-48)35(51)25-34-38(42(54)56-3)39(36-31(43)9-6-10-32(36)44)37(41(53)55-2)33(46-34)14-11-26-7-4-5-8-30(26)40(52)50-17-15-45-16-18-50/h4-10,27-29,38-39,45H,11-25H2,1-3H3. The van der Waals surface area contributed by atoms with Crippen LogP contribution < -0.4 is 5.32 Å². The van der Waals surface area contributed by atoms with Crippen LogP contribution in [0.2, 0.25) is 10.0 Å². The molecular weight excluding hydrogens is 755 g/mol. The van der Waals surface area contributed by atoms with Crippen molar-refractivity contribution >= 4 is 52.7 Å². The minimum absolute atomic E-state index is 0.0579. The number of piperidine rings is 1. The van der Waals surface area contributed by atoms with Crippen LogP contribution in [-0.4, -0.2) is 141 Å². The minimum atomic E-state index is -1.18. The molecule has 0 aliphatic carbocycles. The van der Waals surface area contributed by atoms with E-state index in [0.717, 1.165) is 44.6 Å². The maximum Gasteiger partial charge on any atom is 0.336 e. The average molecular weight is 808 g/mol. The highest BCUT2D eigenvalue weighted by atomic mass is 35.5. The Hall–Kier alpha value is -3.81. The van der Waals surface area contributed by atoms with Crippen molar-refractivity contribution in [2.24, 2.45) is 10.9 Å². The Bertz CT molecular complexity index is 1860. The summed E-state index contributed by atoms with van der Waals surface area (Å²) in [5.74, 6) is -3.83. The lowest BCUT2D eigenvalue weighted by atomic mass is 9.73. The van der Waals surface area contributed by atoms with Crippen LogP contribution in [0.4, 0.5) is 0 Å². The van der Waals surface area contributed by atoms with Crippen LogP contribution in [0.15, 0.2) is 58.7 Å². The number of ether oxygens (including phenoxy) is 2. The van der Waals surface area contributed by atoms with Crippen LogP contribution in [0.5, 0.6) is 0 Å². The summed E-state index contributed by atoms with van der Waals surface area (Å²) in [4.78, 5) is 69.5. The molecule has 5 aliphatic heterocycles. The van der Waals surface area contributed by atoms with Gasteiger partial charge in [0, 0.05) is 97.7 Å². The Balaban J connectivity index is 1.20. The zero-order valence-electron chi connectivity index (χ0n) is 32.5. The third kappa shape index (κ3) is 8.27. The van der Waals surface area contributed by atoms with Crippen LogP contribution in [0.25, 0.3) is 0 Å². The maximum absolute atomic E-state index is 14.2. The fraction of sp³-hybridized carbons (Fsp3) is 0.548. The normalized spacial score (nSPS) is 25.9. The number of nitrogens with one attached hydrogen (secondary N) is 1. The summed E-state index contributed by atoms with van der Waals surface area (Å²) >= 11 is 13.7. The molecule has 2 aromatic carbocycles. The van der Waals surface area contributed by atoms with E-state index in [1.54, 1.807) is 18.2 Å². The topological polar surface area (TPSA) is 124 Å². The van der Waals surface area contributed by atoms with E-state index < -0.39 is 23.8 Å². The number of hydrogen-bond acceptors (Lipinski definition) is 10. The molecule has 0 aromatic heterocycles. The van der Waals surface area contributed by atoms with Crippen LogP contribution >= 0.6 is 23.2 Å². The van der Waals surface area contributed by atoms with Gasteiger partial charge in [-0.2, -0.15) is 0 Å². The number of allylic oxidation sites excluding steroid dienone is 1. The van der Waals surface area contributed by atoms with E-state index in [1.807, 2.05) is 34.1 Å². The fourth-order valence-electron chi connectivity index (χ4n) is 9.58. The molecule has 2 bridgehead atoms. The number of nitrogens with zero attached hydrogens (tertiary/aromatic N) is 5. The van der Waals surface area contributed by atoms with Crippen molar-refractivity contribution in [3.63, 3.8) is 0 Å². The predicted octanol–water partition coefficient (Wildman–Crippen LogP) is 4.59. The molecule has 2 aromatic rings. The van der Waals surface area contributed by atoms with E-state index in [1.165, 1.54) is 27.1 Å². The zero-order valence-corrected chi connectivity index (χ0v) is 34.0. The van der Waals surface area contributed by atoms with Crippen LogP contribution in [0, 0.1) is 5.92 Å². The maximum atomic E-state index is 14.2. The van der Waals surface area contributed by atoms with Crippen molar-refractivity contribution in [2.75, 3.05) is 73.6 Å². The molecule has 4 saturated heterocycles. The Morgan fingerprint density at radius 3 is 2.11 bits per heavy atom. The number of benzene rings is 2. The summed E-state index contributed by atoms with van der Waals surface area (Å²) < 4.78 is 10.7. The van der Waals surface area contributed by atoms with Crippen molar-refractivity contribution < 1.29 is 28.7 Å². The first-order valence-corrected chi connectivity index (χ1v) is 20.6. The van der Waals surface area contributed by atoms with Crippen molar-refractivity contribution in [3.8, 4) is 0 Å². The molecular formula is C42H52Cl2N6O6. The van der Waals surface area contributed by atoms with Crippen molar-refractivity contribution in [1.82, 2.24) is 24.9 Å². The van der Waals surface area contributed by atoms with Crippen molar-refractivity contribution in [2.45, 2.75) is 69.0 Å². The lowest BCUT2D eigenvalue weighted by Crippen LogP contribution is -2.56. The molecule has 300 valence electrons. The smallest absolute Gasteiger partial charge is 0.336 e. The number of carbonyl (C=O) groups excluding carboxylic acids is 4. The number of piperazine rings is 2. The van der Waals surface area contributed by atoms with Gasteiger partial charge in [0.05, 0.1) is 31.9 Å². The van der Waals surface area contributed by atoms with E-state index in [-0.39, 0.29) is 46.0 Å². The number of hydrogen-bond donors (Lipinski definition) is 1. The average Bonchev–Trinajstić information content (AvgIpc) is 3.40. The summed E-state index contributed by atoms with van der Waals surface area (Å²) in [7, 11) is 4.79. The number of rotatable bonds is 10. The van der Waals surface area contributed by atoms with E-state index in [4.69, 9.17) is 37.7 Å². The first kappa shape index (κ1) is 40.4. The second-order valence-corrected chi connectivity index (χ2v) is 16.4. The molecule has 5 aliphatic rings. The number of amides is 2. The number of halogens is 2.